The van der Waals surface area contributed by atoms with E-state index in [0.717, 1.165) is 15.6 Å². The van der Waals surface area contributed by atoms with Crippen LogP contribution in [-0.2, 0) is 6.54 Å². The molecule has 2 aromatic heterocycles. The molecule has 1 aromatic carbocycles. The lowest BCUT2D eigenvalue weighted by Crippen LogP contribution is -2.20. The number of rotatable bonds is 2. The van der Waals surface area contributed by atoms with Crippen molar-refractivity contribution < 1.29 is 0 Å². The molecule has 0 saturated heterocycles. The first-order valence-corrected chi connectivity index (χ1v) is 7.09. The summed E-state index contributed by atoms with van der Waals surface area (Å²) in [5, 5.41) is 1.89. The van der Waals surface area contributed by atoms with Crippen LogP contribution in [0.4, 0.5) is 0 Å². The predicted octanol–water partition coefficient (Wildman–Crippen LogP) is 3.27. The Kier molecular flexibility index (Phi) is 3.01. The van der Waals surface area contributed by atoms with E-state index in [1.165, 1.54) is 11.3 Å². The van der Waals surface area contributed by atoms with Gasteiger partial charge in [0.05, 0.1) is 18.4 Å². The van der Waals surface area contributed by atoms with E-state index in [9.17, 15) is 4.79 Å². The van der Waals surface area contributed by atoms with E-state index < -0.39 is 0 Å². The Morgan fingerprint density at radius 1 is 1.28 bits per heavy atom. The van der Waals surface area contributed by atoms with E-state index in [4.69, 9.17) is 0 Å². The SMILES string of the molecule is O=c1c2sccc2ncn1Cc1ccccc1Br. The van der Waals surface area contributed by atoms with Gasteiger partial charge in [-0.25, -0.2) is 4.98 Å². The molecule has 0 aliphatic heterocycles. The summed E-state index contributed by atoms with van der Waals surface area (Å²) in [4.78, 5) is 16.5. The fourth-order valence-corrected chi connectivity index (χ4v) is 3.00. The summed E-state index contributed by atoms with van der Waals surface area (Å²) in [5.41, 5.74) is 1.86. The summed E-state index contributed by atoms with van der Waals surface area (Å²) in [7, 11) is 0. The number of hydrogen-bond acceptors (Lipinski definition) is 3. The molecule has 5 heteroatoms. The first-order chi connectivity index (χ1) is 8.75. The second-order valence-electron chi connectivity index (χ2n) is 3.90. The highest BCUT2D eigenvalue weighted by atomic mass is 79.9. The highest BCUT2D eigenvalue weighted by Gasteiger charge is 2.06. The Hall–Kier alpha value is -1.46. The molecule has 18 heavy (non-hydrogen) atoms. The van der Waals surface area contributed by atoms with Gasteiger partial charge < -0.3 is 0 Å². The van der Waals surface area contributed by atoms with E-state index in [1.54, 1.807) is 10.9 Å². The van der Waals surface area contributed by atoms with Crippen LogP contribution in [0, 0.1) is 0 Å². The van der Waals surface area contributed by atoms with Gasteiger partial charge in [0, 0.05) is 4.47 Å². The molecule has 3 aromatic rings. The second-order valence-corrected chi connectivity index (χ2v) is 5.67. The van der Waals surface area contributed by atoms with Crippen molar-refractivity contribution in [2.75, 3.05) is 0 Å². The van der Waals surface area contributed by atoms with Crippen molar-refractivity contribution in [1.82, 2.24) is 9.55 Å². The molecule has 0 atom stereocenters. The molecule has 0 fully saturated rings. The van der Waals surface area contributed by atoms with Crippen molar-refractivity contribution in [1.29, 1.82) is 0 Å². The van der Waals surface area contributed by atoms with Crippen LogP contribution in [0.25, 0.3) is 10.2 Å². The van der Waals surface area contributed by atoms with Gasteiger partial charge >= 0.3 is 0 Å². The molecule has 0 aliphatic rings. The van der Waals surface area contributed by atoms with Crippen molar-refractivity contribution in [3.63, 3.8) is 0 Å². The van der Waals surface area contributed by atoms with E-state index in [2.05, 4.69) is 20.9 Å². The highest BCUT2D eigenvalue weighted by Crippen LogP contribution is 2.17. The van der Waals surface area contributed by atoms with Gasteiger partial charge in [0.1, 0.15) is 4.70 Å². The predicted molar refractivity (Wildman–Crippen MR) is 77.1 cm³/mol. The van der Waals surface area contributed by atoms with Gasteiger partial charge in [0.25, 0.3) is 5.56 Å². The van der Waals surface area contributed by atoms with Crippen molar-refractivity contribution in [3.05, 3.63) is 62.4 Å². The Bertz CT molecular complexity index is 763. The number of halogens is 1. The average Bonchev–Trinajstić information content (AvgIpc) is 2.84. The number of hydrogen-bond donors (Lipinski definition) is 0. The molecule has 0 radical (unpaired) electrons. The Labute approximate surface area is 116 Å². The van der Waals surface area contributed by atoms with Gasteiger partial charge in [-0.2, -0.15) is 0 Å². The molecule has 3 rings (SSSR count). The summed E-state index contributed by atoms with van der Waals surface area (Å²) < 4.78 is 3.35. The number of benzene rings is 1. The topological polar surface area (TPSA) is 34.9 Å². The van der Waals surface area contributed by atoms with Crippen LogP contribution in [0.5, 0.6) is 0 Å². The fraction of sp³-hybridized carbons (Fsp3) is 0.0769. The van der Waals surface area contributed by atoms with E-state index in [-0.39, 0.29) is 5.56 Å². The van der Waals surface area contributed by atoms with Crippen LogP contribution in [0.2, 0.25) is 0 Å². The zero-order valence-corrected chi connectivity index (χ0v) is 11.7. The van der Waals surface area contributed by atoms with E-state index >= 15 is 0 Å². The minimum Gasteiger partial charge on any atom is -0.293 e. The van der Waals surface area contributed by atoms with Crippen LogP contribution in [0.1, 0.15) is 5.56 Å². The standard InChI is InChI=1S/C13H9BrN2OS/c14-10-4-2-1-3-9(10)7-16-8-15-11-5-6-18-12(11)13(16)17/h1-6,8H,7H2. The van der Waals surface area contributed by atoms with Crippen molar-refractivity contribution in [2.24, 2.45) is 0 Å². The minimum atomic E-state index is 0.0192. The maximum Gasteiger partial charge on any atom is 0.271 e. The van der Waals surface area contributed by atoms with Gasteiger partial charge in [0.2, 0.25) is 0 Å². The Morgan fingerprint density at radius 2 is 2.11 bits per heavy atom. The van der Waals surface area contributed by atoms with E-state index in [0.29, 0.717) is 11.2 Å². The first-order valence-electron chi connectivity index (χ1n) is 5.42. The number of nitrogens with zero attached hydrogens (tertiary/aromatic N) is 2. The van der Waals surface area contributed by atoms with Crippen LogP contribution >= 0.6 is 27.3 Å². The molecule has 0 saturated carbocycles. The summed E-state index contributed by atoms with van der Waals surface area (Å²) in [5.74, 6) is 0. The van der Waals surface area contributed by atoms with Crippen molar-refractivity contribution in [3.8, 4) is 0 Å². The maximum atomic E-state index is 12.2. The highest BCUT2D eigenvalue weighted by molar-refractivity contribution is 9.10. The smallest absolute Gasteiger partial charge is 0.271 e. The van der Waals surface area contributed by atoms with Crippen LogP contribution in [-0.4, -0.2) is 9.55 Å². The van der Waals surface area contributed by atoms with Gasteiger partial charge in [-0.05, 0) is 23.1 Å². The molecular weight excluding hydrogens is 312 g/mol. The number of fused-ring (bicyclic) bond motifs is 1. The summed E-state index contributed by atoms with van der Waals surface area (Å²) in [6.45, 7) is 0.529. The largest absolute Gasteiger partial charge is 0.293 e. The third-order valence-corrected chi connectivity index (χ3v) is 4.40. The minimum absolute atomic E-state index is 0.0192. The summed E-state index contributed by atoms with van der Waals surface area (Å²) >= 11 is 4.92. The first kappa shape index (κ1) is 11.6. The van der Waals surface area contributed by atoms with Crippen molar-refractivity contribution in [2.45, 2.75) is 6.54 Å². The van der Waals surface area contributed by atoms with Gasteiger partial charge in [-0.1, -0.05) is 34.1 Å². The molecule has 0 N–H and O–H groups in total. The third kappa shape index (κ3) is 2.00. The van der Waals surface area contributed by atoms with Crippen molar-refractivity contribution >= 4 is 37.5 Å². The van der Waals surface area contributed by atoms with Gasteiger partial charge in [0.15, 0.2) is 0 Å². The van der Waals surface area contributed by atoms with Gasteiger partial charge in [-0.3, -0.25) is 9.36 Å². The Balaban J connectivity index is 2.08. The lowest BCUT2D eigenvalue weighted by molar-refractivity contribution is 0.747. The molecule has 3 nitrogen and oxygen atoms in total. The zero-order chi connectivity index (χ0) is 12.5. The Morgan fingerprint density at radius 3 is 2.94 bits per heavy atom. The molecule has 0 amide bonds. The second kappa shape index (κ2) is 4.66. The lowest BCUT2D eigenvalue weighted by atomic mass is 10.2. The molecule has 90 valence electrons. The molecule has 0 bridgehead atoms. The fourth-order valence-electron chi connectivity index (χ4n) is 1.80. The molecule has 0 spiro atoms. The van der Waals surface area contributed by atoms with Crippen LogP contribution in [0.3, 0.4) is 0 Å². The summed E-state index contributed by atoms with van der Waals surface area (Å²) in [6, 6.07) is 9.75. The van der Waals surface area contributed by atoms with Crippen LogP contribution < -0.4 is 5.56 Å². The van der Waals surface area contributed by atoms with E-state index in [1.807, 2.05) is 35.7 Å². The van der Waals surface area contributed by atoms with Crippen LogP contribution in [0.15, 0.2) is 51.3 Å². The molecule has 2 heterocycles. The maximum absolute atomic E-state index is 12.2. The average molecular weight is 321 g/mol. The quantitative estimate of drug-likeness (QED) is 0.726. The lowest BCUT2D eigenvalue weighted by Gasteiger charge is -2.06. The zero-order valence-electron chi connectivity index (χ0n) is 9.34. The third-order valence-electron chi connectivity index (χ3n) is 2.73. The molecular formula is C13H9BrN2OS. The molecule has 0 unspecified atom stereocenters. The number of thiophene rings is 1. The monoisotopic (exact) mass is 320 g/mol. The summed E-state index contributed by atoms with van der Waals surface area (Å²) in [6.07, 6.45) is 1.61. The molecule has 0 aliphatic carbocycles. The normalized spacial score (nSPS) is 10.9. The van der Waals surface area contributed by atoms with Gasteiger partial charge in [-0.15, -0.1) is 11.3 Å². The number of aromatic nitrogens is 2.